The average Bonchev–Trinajstić information content (AvgIpc) is 2.89. The summed E-state index contributed by atoms with van der Waals surface area (Å²) in [5.74, 6) is -0.636. The topological polar surface area (TPSA) is 67.5 Å². The fourth-order valence-corrected chi connectivity index (χ4v) is 3.13. The molecule has 0 saturated heterocycles. The number of carbonyl (C=O) groups excluding carboxylic acids is 2. The molecule has 1 aromatic rings. The van der Waals surface area contributed by atoms with Crippen LogP contribution in [0.1, 0.15) is 54.3 Å². The van der Waals surface area contributed by atoms with Crippen LogP contribution in [0.5, 0.6) is 0 Å². The molecule has 4 nitrogen and oxygen atoms in total. The predicted molar refractivity (Wildman–Crippen MR) is 68.0 cm³/mol. The largest absolute Gasteiger partial charge is 0.471 e. The van der Waals surface area contributed by atoms with E-state index in [9.17, 15) is 14.7 Å². The lowest BCUT2D eigenvalue weighted by atomic mass is 9.82. The number of allylic oxidation sites excluding steroid dienone is 1. The van der Waals surface area contributed by atoms with E-state index in [2.05, 4.69) is 0 Å². The summed E-state index contributed by atoms with van der Waals surface area (Å²) in [7, 11) is 0. The third-order valence-corrected chi connectivity index (χ3v) is 4.13. The van der Waals surface area contributed by atoms with Crippen LogP contribution >= 0.6 is 0 Å². The molecule has 1 N–H and O–H groups in total. The van der Waals surface area contributed by atoms with Crippen molar-refractivity contribution in [3.05, 3.63) is 34.8 Å². The van der Waals surface area contributed by atoms with Gasteiger partial charge in [-0.2, -0.15) is 0 Å². The molecular weight excluding hydrogens is 244 g/mol. The van der Waals surface area contributed by atoms with Gasteiger partial charge in [-0.3, -0.25) is 9.59 Å². The maximum Gasteiger partial charge on any atom is 0.202 e. The number of rotatable bonds is 0. The van der Waals surface area contributed by atoms with E-state index < -0.39 is 11.4 Å². The molecule has 0 radical (unpaired) electrons. The minimum Gasteiger partial charge on any atom is -0.471 e. The van der Waals surface area contributed by atoms with Gasteiger partial charge in [-0.15, -0.1) is 0 Å². The molecule has 0 aliphatic heterocycles. The standard InChI is InChI=1S/C15H16O4/c1-14(2)4-8-11(5-14)15(3,18)13(17)10-7-19-6-9(10)12(8)16/h6-7,18H,4-5H2,1-3H3. The Hall–Kier alpha value is -1.68. The van der Waals surface area contributed by atoms with Gasteiger partial charge in [0.25, 0.3) is 0 Å². The molecule has 4 heteroatoms. The maximum absolute atomic E-state index is 12.5. The van der Waals surface area contributed by atoms with E-state index in [1.54, 1.807) is 0 Å². The first-order valence-corrected chi connectivity index (χ1v) is 6.34. The average molecular weight is 260 g/mol. The lowest BCUT2D eigenvalue weighted by Crippen LogP contribution is -2.37. The summed E-state index contributed by atoms with van der Waals surface area (Å²) >= 11 is 0. The Balaban J connectivity index is 2.26. The van der Waals surface area contributed by atoms with E-state index in [0.717, 1.165) is 0 Å². The number of fused-ring (bicyclic) bond motifs is 1. The van der Waals surface area contributed by atoms with Crippen LogP contribution in [0.2, 0.25) is 0 Å². The molecule has 2 aliphatic carbocycles. The van der Waals surface area contributed by atoms with Gasteiger partial charge in [-0.1, -0.05) is 13.8 Å². The van der Waals surface area contributed by atoms with E-state index >= 15 is 0 Å². The van der Waals surface area contributed by atoms with Gasteiger partial charge in [0.1, 0.15) is 18.1 Å². The minimum absolute atomic E-state index is 0.105. The summed E-state index contributed by atoms with van der Waals surface area (Å²) in [6.07, 6.45) is 3.69. The normalized spacial score (nSPS) is 29.3. The maximum atomic E-state index is 12.5. The third-order valence-electron chi connectivity index (χ3n) is 4.13. The summed E-state index contributed by atoms with van der Waals surface area (Å²) in [6.45, 7) is 5.54. The highest BCUT2D eigenvalue weighted by molar-refractivity contribution is 6.21. The Labute approximate surface area is 111 Å². The number of furan rings is 1. The van der Waals surface area contributed by atoms with Gasteiger partial charge in [-0.25, -0.2) is 0 Å². The van der Waals surface area contributed by atoms with Crippen LogP contribution in [-0.4, -0.2) is 22.3 Å². The molecular formula is C15H16O4. The van der Waals surface area contributed by atoms with Crippen LogP contribution < -0.4 is 0 Å². The second-order valence-corrected chi connectivity index (χ2v) is 6.40. The highest BCUT2D eigenvalue weighted by Crippen LogP contribution is 2.48. The number of aliphatic hydroxyl groups is 1. The van der Waals surface area contributed by atoms with Gasteiger partial charge in [0, 0.05) is 5.57 Å². The van der Waals surface area contributed by atoms with Gasteiger partial charge < -0.3 is 9.52 Å². The van der Waals surface area contributed by atoms with Crippen molar-refractivity contribution in [2.24, 2.45) is 5.41 Å². The molecule has 1 unspecified atom stereocenters. The molecule has 1 atom stereocenters. The Morgan fingerprint density at radius 3 is 2.42 bits per heavy atom. The van der Waals surface area contributed by atoms with Crippen molar-refractivity contribution in [1.82, 2.24) is 0 Å². The zero-order chi connectivity index (χ0) is 14.0. The molecule has 3 rings (SSSR count). The molecule has 0 aromatic carbocycles. The second kappa shape index (κ2) is 3.45. The number of Topliss-reactive ketones (excluding diaryl/α,β-unsaturated/α-hetero) is 2. The minimum atomic E-state index is -1.62. The van der Waals surface area contributed by atoms with Crippen molar-refractivity contribution in [3.8, 4) is 0 Å². The molecule has 0 fully saturated rings. The lowest BCUT2D eigenvalue weighted by molar-refractivity contribution is 0.0535. The van der Waals surface area contributed by atoms with Crippen molar-refractivity contribution in [2.45, 2.75) is 39.2 Å². The van der Waals surface area contributed by atoms with E-state index in [1.807, 2.05) is 13.8 Å². The Bertz CT molecular complexity index is 628. The number of carbonyl (C=O) groups is 2. The number of hydrogen-bond donors (Lipinski definition) is 1. The van der Waals surface area contributed by atoms with Crippen molar-refractivity contribution in [1.29, 1.82) is 0 Å². The van der Waals surface area contributed by atoms with Crippen LogP contribution in [0.25, 0.3) is 0 Å². The van der Waals surface area contributed by atoms with Gasteiger partial charge in [0.2, 0.25) is 5.78 Å². The summed E-state index contributed by atoms with van der Waals surface area (Å²) in [5, 5.41) is 10.6. The van der Waals surface area contributed by atoms with Crippen LogP contribution in [0.4, 0.5) is 0 Å². The molecule has 0 saturated carbocycles. The summed E-state index contributed by atoms with van der Waals surface area (Å²) < 4.78 is 4.98. The van der Waals surface area contributed by atoms with Crippen molar-refractivity contribution in [3.63, 3.8) is 0 Å². The third kappa shape index (κ3) is 1.56. The first-order valence-electron chi connectivity index (χ1n) is 6.34. The predicted octanol–water partition coefficient (Wildman–Crippen LogP) is 2.53. The molecule has 0 amide bonds. The Morgan fingerprint density at radius 2 is 1.74 bits per heavy atom. The molecule has 2 aliphatic rings. The van der Waals surface area contributed by atoms with E-state index in [4.69, 9.17) is 4.42 Å². The fourth-order valence-electron chi connectivity index (χ4n) is 3.13. The second-order valence-electron chi connectivity index (χ2n) is 6.40. The highest BCUT2D eigenvalue weighted by atomic mass is 16.3. The summed E-state index contributed by atoms with van der Waals surface area (Å²) in [5.41, 5.74) is -0.123. The number of ketones is 2. The fraction of sp³-hybridized carbons (Fsp3) is 0.467. The smallest absolute Gasteiger partial charge is 0.202 e. The van der Waals surface area contributed by atoms with Gasteiger partial charge in [-0.05, 0) is 30.8 Å². The Kier molecular flexibility index (Phi) is 2.24. The van der Waals surface area contributed by atoms with Crippen LogP contribution in [-0.2, 0) is 0 Å². The first kappa shape index (κ1) is 12.4. The summed E-state index contributed by atoms with van der Waals surface area (Å²) in [4.78, 5) is 24.9. The highest BCUT2D eigenvalue weighted by Gasteiger charge is 2.49. The first-order chi connectivity index (χ1) is 8.74. The lowest BCUT2D eigenvalue weighted by Gasteiger charge is -2.25. The molecule has 1 aromatic heterocycles. The molecule has 1 heterocycles. The van der Waals surface area contributed by atoms with Crippen molar-refractivity contribution in [2.75, 3.05) is 0 Å². The van der Waals surface area contributed by atoms with E-state index in [-0.39, 0.29) is 22.3 Å². The van der Waals surface area contributed by atoms with Crippen molar-refractivity contribution >= 4 is 11.6 Å². The SMILES string of the molecule is CC1(C)CC2=C(C1)C(C)(O)C(=O)c1cocc1C2=O. The zero-order valence-electron chi connectivity index (χ0n) is 11.2. The van der Waals surface area contributed by atoms with Gasteiger partial charge >= 0.3 is 0 Å². The molecule has 19 heavy (non-hydrogen) atoms. The zero-order valence-corrected chi connectivity index (χ0v) is 11.2. The quantitative estimate of drug-likeness (QED) is 0.778. The molecule has 100 valence electrons. The van der Waals surface area contributed by atoms with Crippen molar-refractivity contribution < 1.29 is 19.1 Å². The molecule has 0 spiro atoms. The van der Waals surface area contributed by atoms with Gasteiger partial charge in [0.05, 0.1) is 11.1 Å². The number of hydrogen-bond acceptors (Lipinski definition) is 4. The van der Waals surface area contributed by atoms with Crippen LogP contribution in [0, 0.1) is 5.41 Å². The van der Waals surface area contributed by atoms with E-state index in [1.165, 1.54) is 19.5 Å². The van der Waals surface area contributed by atoms with Crippen LogP contribution in [0.3, 0.4) is 0 Å². The van der Waals surface area contributed by atoms with E-state index in [0.29, 0.717) is 24.0 Å². The Morgan fingerprint density at radius 1 is 1.11 bits per heavy atom. The van der Waals surface area contributed by atoms with Gasteiger partial charge in [0.15, 0.2) is 5.78 Å². The summed E-state index contributed by atoms with van der Waals surface area (Å²) in [6, 6.07) is 0. The monoisotopic (exact) mass is 260 g/mol. The molecule has 0 bridgehead atoms. The van der Waals surface area contributed by atoms with Crippen LogP contribution in [0.15, 0.2) is 28.1 Å².